The molecule has 2 rings (SSSR count). The molecule has 126 valence electrons. The van der Waals surface area contributed by atoms with Gasteiger partial charge in [0.25, 0.3) is 0 Å². The van der Waals surface area contributed by atoms with Crippen molar-refractivity contribution in [3.8, 4) is 0 Å². The molecule has 5 nitrogen and oxygen atoms in total. The molecule has 0 saturated carbocycles. The van der Waals surface area contributed by atoms with E-state index in [2.05, 4.69) is 4.72 Å². The average Bonchev–Trinajstić information content (AvgIpc) is 3.00. The van der Waals surface area contributed by atoms with Crippen LogP contribution in [0.25, 0.3) is 0 Å². The number of aliphatic hydroxyl groups is 1. The summed E-state index contributed by atoms with van der Waals surface area (Å²) in [5, 5.41) is 9.75. The SMILES string of the molecule is O=S(=O)(NCC[C@@H](O)c1ccco1)c1ccc(C(F)(F)F)cc1. The molecule has 0 amide bonds. The van der Waals surface area contributed by atoms with Crippen LogP contribution in [0.4, 0.5) is 13.2 Å². The van der Waals surface area contributed by atoms with Crippen LogP contribution < -0.4 is 4.72 Å². The molecule has 0 spiro atoms. The van der Waals surface area contributed by atoms with Gasteiger partial charge in [-0.1, -0.05) is 0 Å². The van der Waals surface area contributed by atoms with E-state index in [9.17, 15) is 26.7 Å². The molecule has 0 aliphatic heterocycles. The molecule has 0 fully saturated rings. The molecular weight excluding hydrogens is 335 g/mol. The Morgan fingerprint density at radius 3 is 2.35 bits per heavy atom. The first-order valence-electron chi connectivity index (χ1n) is 6.58. The monoisotopic (exact) mass is 349 g/mol. The van der Waals surface area contributed by atoms with Crippen molar-refractivity contribution in [3.05, 3.63) is 54.0 Å². The van der Waals surface area contributed by atoms with Crippen LogP contribution in [-0.4, -0.2) is 20.1 Å². The highest BCUT2D eigenvalue weighted by Crippen LogP contribution is 2.29. The summed E-state index contributed by atoms with van der Waals surface area (Å²) >= 11 is 0. The summed E-state index contributed by atoms with van der Waals surface area (Å²) in [6, 6.07) is 6.31. The third kappa shape index (κ3) is 4.57. The van der Waals surface area contributed by atoms with Gasteiger partial charge in [-0.05, 0) is 42.8 Å². The van der Waals surface area contributed by atoms with Gasteiger partial charge in [-0.25, -0.2) is 13.1 Å². The lowest BCUT2D eigenvalue weighted by Crippen LogP contribution is -2.26. The van der Waals surface area contributed by atoms with Crippen molar-refractivity contribution in [1.29, 1.82) is 0 Å². The topological polar surface area (TPSA) is 79.5 Å². The number of aliphatic hydroxyl groups excluding tert-OH is 1. The van der Waals surface area contributed by atoms with Crippen LogP contribution in [0, 0.1) is 0 Å². The van der Waals surface area contributed by atoms with E-state index in [1.54, 1.807) is 12.1 Å². The van der Waals surface area contributed by atoms with Crippen molar-refractivity contribution < 1.29 is 31.1 Å². The zero-order valence-corrected chi connectivity index (χ0v) is 12.6. The molecule has 0 unspecified atom stereocenters. The maximum Gasteiger partial charge on any atom is 0.416 e. The van der Waals surface area contributed by atoms with E-state index in [0.29, 0.717) is 17.9 Å². The lowest BCUT2D eigenvalue weighted by Gasteiger charge is -2.11. The number of rotatable bonds is 6. The van der Waals surface area contributed by atoms with E-state index < -0.39 is 27.9 Å². The normalized spacial score (nSPS) is 13.9. The Labute approximate surface area is 130 Å². The Kier molecular flexibility index (Phi) is 5.12. The van der Waals surface area contributed by atoms with Gasteiger partial charge in [0.1, 0.15) is 11.9 Å². The number of nitrogens with one attached hydrogen (secondary N) is 1. The predicted octanol–water partition coefficient (Wildman–Crippen LogP) is 2.70. The zero-order chi connectivity index (χ0) is 17.1. The Hall–Kier alpha value is -1.84. The van der Waals surface area contributed by atoms with Crippen LogP contribution in [-0.2, 0) is 16.2 Å². The summed E-state index contributed by atoms with van der Waals surface area (Å²) in [6.07, 6.45) is -4.05. The summed E-state index contributed by atoms with van der Waals surface area (Å²) in [6.45, 7) is -0.0920. The molecule has 0 saturated heterocycles. The number of furan rings is 1. The fourth-order valence-corrected chi connectivity index (χ4v) is 2.91. The summed E-state index contributed by atoms with van der Waals surface area (Å²) in [7, 11) is -3.95. The molecule has 1 aromatic heterocycles. The van der Waals surface area contributed by atoms with Gasteiger partial charge in [0.2, 0.25) is 10.0 Å². The number of halogens is 3. The zero-order valence-electron chi connectivity index (χ0n) is 11.7. The summed E-state index contributed by atoms with van der Waals surface area (Å²) < 4.78 is 68.4. The number of sulfonamides is 1. The Bertz CT molecular complexity index is 724. The molecule has 2 N–H and O–H groups in total. The number of benzene rings is 1. The van der Waals surface area contributed by atoms with Gasteiger partial charge in [0.15, 0.2) is 0 Å². The van der Waals surface area contributed by atoms with E-state index in [0.717, 1.165) is 12.1 Å². The molecule has 1 atom stereocenters. The van der Waals surface area contributed by atoms with E-state index in [-0.39, 0.29) is 17.9 Å². The number of alkyl halides is 3. The second-order valence-electron chi connectivity index (χ2n) is 4.74. The third-order valence-corrected chi connectivity index (χ3v) is 4.55. The highest BCUT2D eigenvalue weighted by Gasteiger charge is 2.30. The molecule has 23 heavy (non-hydrogen) atoms. The molecule has 0 radical (unpaired) electrons. The van der Waals surface area contributed by atoms with E-state index in [4.69, 9.17) is 4.42 Å². The standard InChI is InChI=1S/C14H14F3NO4S/c15-14(16,17)10-3-5-11(6-4-10)23(20,21)18-8-7-12(19)13-2-1-9-22-13/h1-6,9,12,18-19H,7-8H2/t12-/m1/s1. The van der Waals surface area contributed by atoms with Crippen LogP contribution in [0.3, 0.4) is 0 Å². The maximum atomic E-state index is 12.4. The Balaban J connectivity index is 1.96. The van der Waals surface area contributed by atoms with E-state index in [1.807, 2.05) is 0 Å². The van der Waals surface area contributed by atoms with Crippen LogP contribution in [0.5, 0.6) is 0 Å². The second kappa shape index (κ2) is 6.73. The summed E-state index contributed by atoms with van der Waals surface area (Å²) in [4.78, 5) is -0.280. The van der Waals surface area contributed by atoms with Crippen LogP contribution >= 0.6 is 0 Å². The quantitative estimate of drug-likeness (QED) is 0.840. The molecule has 1 heterocycles. The first kappa shape index (κ1) is 17.5. The first-order chi connectivity index (χ1) is 10.7. The average molecular weight is 349 g/mol. The lowest BCUT2D eigenvalue weighted by atomic mass is 10.2. The van der Waals surface area contributed by atoms with Crippen LogP contribution in [0.15, 0.2) is 52.0 Å². The molecule has 0 bridgehead atoms. The molecular formula is C14H14F3NO4S. The Morgan fingerprint density at radius 2 is 1.83 bits per heavy atom. The molecule has 1 aromatic carbocycles. The Morgan fingerprint density at radius 1 is 1.17 bits per heavy atom. The highest BCUT2D eigenvalue weighted by atomic mass is 32.2. The van der Waals surface area contributed by atoms with E-state index >= 15 is 0 Å². The van der Waals surface area contributed by atoms with Crippen molar-refractivity contribution in [2.75, 3.05) is 6.54 Å². The minimum Gasteiger partial charge on any atom is -0.467 e. The predicted molar refractivity (Wildman–Crippen MR) is 74.9 cm³/mol. The minimum absolute atomic E-state index is 0.0629. The number of hydrogen-bond acceptors (Lipinski definition) is 4. The fourth-order valence-electron chi connectivity index (χ4n) is 1.86. The van der Waals surface area contributed by atoms with Gasteiger partial charge < -0.3 is 9.52 Å². The molecule has 9 heteroatoms. The third-order valence-electron chi connectivity index (χ3n) is 3.07. The van der Waals surface area contributed by atoms with Gasteiger partial charge in [-0.15, -0.1) is 0 Å². The lowest BCUT2D eigenvalue weighted by molar-refractivity contribution is -0.137. The minimum atomic E-state index is -4.52. The summed E-state index contributed by atoms with van der Waals surface area (Å²) in [5.41, 5.74) is -0.926. The van der Waals surface area contributed by atoms with Gasteiger partial charge in [0, 0.05) is 6.54 Å². The molecule has 2 aromatic rings. The van der Waals surface area contributed by atoms with Crippen molar-refractivity contribution in [2.24, 2.45) is 0 Å². The smallest absolute Gasteiger partial charge is 0.416 e. The van der Waals surface area contributed by atoms with Gasteiger partial charge in [0.05, 0.1) is 16.7 Å². The number of hydrogen-bond donors (Lipinski definition) is 2. The largest absolute Gasteiger partial charge is 0.467 e. The van der Waals surface area contributed by atoms with Gasteiger partial charge >= 0.3 is 6.18 Å². The van der Waals surface area contributed by atoms with Crippen molar-refractivity contribution in [1.82, 2.24) is 4.72 Å². The molecule has 0 aliphatic carbocycles. The first-order valence-corrected chi connectivity index (χ1v) is 8.07. The van der Waals surface area contributed by atoms with Crippen molar-refractivity contribution in [2.45, 2.75) is 23.6 Å². The fraction of sp³-hybridized carbons (Fsp3) is 0.286. The molecule has 0 aliphatic rings. The van der Waals surface area contributed by atoms with Crippen molar-refractivity contribution in [3.63, 3.8) is 0 Å². The highest BCUT2D eigenvalue weighted by molar-refractivity contribution is 7.89. The van der Waals surface area contributed by atoms with Gasteiger partial charge in [-0.3, -0.25) is 0 Å². The van der Waals surface area contributed by atoms with Crippen LogP contribution in [0.2, 0.25) is 0 Å². The van der Waals surface area contributed by atoms with Gasteiger partial charge in [-0.2, -0.15) is 13.2 Å². The van der Waals surface area contributed by atoms with Crippen molar-refractivity contribution >= 4 is 10.0 Å². The summed E-state index contributed by atoms with van der Waals surface area (Å²) in [5.74, 6) is 0.304. The van der Waals surface area contributed by atoms with Crippen LogP contribution in [0.1, 0.15) is 23.8 Å². The maximum absolute atomic E-state index is 12.4. The van der Waals surface area contributed by atoms with E-state index in [1.165, 1.54) is 6.26 Å². The second-order valence-corrected chi connectivity index (χ2v) is 6.51.